The minimum Gasteiger partial charge on any atom is -0.348 e. The van der Waals surface area contributed by atoms with Crippen molar-refractivity contribution in [3.05, 3.63) is 81.7 Å². The number of halogens is 1. The van der Waals surface area contributed by atoms with Crippen molar-refractivity contribution in [1.29, 1.82) is 0 Å². The highest BCUT2D eigenvalue weighted by Gasteiger charge is 2.02. The molecule has 2 aromatic carbocycles. The Morgan fingerprint density at radius 2 is 1.77 bits per heavy atom. The third-order valence-electron chi connectivity index (χ3n) is 2.91. The average molecular weight is 300 g/mol. The van der Waals surface area contributed by atoms with E-state index < -0.39 is 4.92 Å². The van der Waals surface area contributed by atoms with Crippen LogP contribution in [0.25, 0.3) is 6.08 Å². The van der Waals surface area contributed by atoms with E-state index in [-0.39, 0.29) is 17.4 Å². The molecule has 0 aliphatic heterocycles. The molecule has 0 aliphatic carbocycles. The summed E-state index contributed by atoms with van der Waals surface area (Å²) in [6.45, 7) is 0.295. The van der Waals surface area contributed by atoms with Crippen molar-refractivity contribution in [1.82, 2.24) is 5.32 Å². The number of nitrogens with one attached hydrogen (secondary N) is 1. The Bertz CT molecular complexity index is 694. The van der Waals surface area contributed by atoms with Gasteiger partial charge in [-0.1, -0.05) is 12.1 Å². The van der Waals surface area contributed by atoms with Gasteiger partial charge in [0, 0.05) is 24.8 Å². The second kappa shape index (κ2) is 7.12. The molecule has 112 valence electrons. The minimum atomic E-state index is -0.483. The van der Waals surface area contributed by atoms with E-state index in [0.29, 0.717) is 12.1 Å². The van der Waals surface area contributed by atoms with Crippen LogP contribution in [-0.4, -0.2) is 10.8 Å². The number of rotatable bonds is 5. The lowest BCUT2D eigenvalue weighted by Crippen LogP contribution is -2.20. The van der Waals surface area contributed by atoms with Crippen molar-refractivity contribution in [2.24, 2.45) is 0 Å². The molecular formula is C16H13FN2O3. The highest BCUT2D eigenvalue weighted by Crippen LogP contribution is 2.12. The number of hydrogen-bond acceptors (Lipinski definition) is 3. The highest BCUT2D eigenvalue weighted by molar-refractivity contribution is 5.91. The molecule has 0 aromatic heterocycles. The first-order valence-electron chi connectivity index (χ1n) is 6.49. The maximum Gasteiger partial charge on any atom is 0.269 e. The van der Waals surface area contributed by atoms with Crippen LogP contribution in [-0.2, 0) is 11.3 Å². The maximum atomic E-state index is 12.7. The number of non-ortho nitro benzene ring substituents is 1. The van der Waals surface area contributed by atoms with Crippen LogP contribution in [0.5, 0.6) is 0 Å². The predicted octanol–water partition coefficient (Wildman–Crippen LogP) is 3.06. The summed E-state index contributed by atoms with van der Waals surface area (Å²) >= 11 is 0. The van der Waals surface area contributed by atoms with Crippen molar-refractivity contribution in [3.8, 4) is 0 Å². The van der Waals surface area contributed by atoms with Gasteiger partial charge in [-0.15, -0.1) is 0 Å². The zero-order valence-electron chi connectivity index (χ0n) is 11.5. The molecule has 0 heterocycles. The summed E-state index contributed by atoms with van der Waals surface area (Å²) in [5.41, 5.74) is 1.47. The molecule has 6 heteroatoms. The summed E-state index contributed by atoms with van der Waals surface area (Å²) in [6.07, 6.45) is 2.90. The van der Waals surface area contributed by atoms with E-state index in [1.54, 1.807) is 30.3 Å². The highest BCUT2D eigenvalue weighted by atomic mass is 19.1. The van der Waals surface area contributed by atoms with Gasteiger partial charge in [0.1, 0.15) is 5.82 Å². The molecule has 1 N–H and O–H groups in total. The van der Waals surface area contributed by atoms with E-state index >= 15 is 0 Å². The van der Waals surface area contributed by atoms with E-state index in [1.807, 2.05) is 0 Å². The number of benzene rings is 2. The monoisotopic (exact) mass is 300 g/mol. The van der Waals surface area contributed by atoms with Gasteiger partial charge in [0.15, 0.2) is 0 Å². The first-order valence-corrected chi connectivity index (χ1v) is 6.49. The second-order valence-electron chi connectivity index (χ2n) is 4.53. The lowest BCUT2D eigenvalue weighted by Gasteiger charge is -2.02. The van der Waals surface area contributed by atoms with Crippen LogP contribution in [0.2, 0.25) is 0 Å². The summed E-state index contributed by atoms with van der Waals surface area (Å²) in [5, 5.41) is 13.2. The number of carbonyl (C=O) groups is 1. The molecule has 0 bridgehead atoms. The van der Waals surface area contributed by atoms with E-state index in [0.717, 1.165) is 5.56 Å². The summed E-state index contributed by atoms with van der Waals surface area (Å²) < 4.78 is 12.7. The molecule has 2 rings (SSSR count). The molecule has 0 radical (unpaired) electrons. The fourth-order valence-corrected chi connectivity index (χ4v) is 1.73. The molecule has 0 saturated heterocycles. The lowest BCUT2D eigenvalue weighted by molar-refractivity contribution is -0.384. The first-order chi connectivity index (χ1) is 10.5. The standard InChI is InChI=1S/C16H13FN2O3/c17-14-6-1-13(2-7-14)11-18-16(20)10-5-12-3-8-15(9-4-12)19(21)22/h1-10H,11H2,(H,18,20)/b10-5+. The van der Waals surface area contributed by atoms with Crippen LogP contribution in [0.4, 0.5) is 10.1 Å². The summed E-state index contributed by atoms with van der Waals surface area (Å²) in [5.74, 6) is -0.629. The van der Waals surface area contributed by atoms with Gasteiger partial charge < -0.3 is 5.32 Å². The van der Waals surface area contributed by atoms with Crippen molar-refractivity contribution in [2.75, 3.05) is 0 Å². The normalized spacial score (nSPS) is 10.6. The van der Waals surface area contributed by atoms with Gasteiger partial charge in [-0.3, -0.25) is 14.9 Å². The zero-order valence-corrected chi connectivity index (χ0v) is 11.5. The number of nitro benzene ring substituents is 1. The zero-order chi connectivity index (χ0) is 15.9. The van der Waals surface area contributed by atoms with Crippen molar-refractivity contribution in [3.63, 3.8) is 0 Å². The van der Waals surface area contributed by atoms with Gasteiger partial charge in [0.2, 0.25) is 5.91 Å². The third kappa shape index (κ3) is 4.52. The Balaban J connectivity index is 1.88. The fourth-order valence-electron chi connectivity index (χ4n) is 1.73. The van der Waals surface area contributed by atoms with Crippen LogP contribution in [0.15, 0.2) is 54.6 Å². The smallest absolute Gasteiger partial charge is 0.269 e. The molecule has 0 fully saturated rings. The van der Waals surface area contributed by atoms with E-state index in [4.69, 9.17) is 0 Å². The molecule has 22 heavy (non-hydrogen) atoms. The van der Waals surface area contributed by atoms with Crippen molar-refractivity contribution < 1.29 is 14.1 Å². The van der Waals surface area contributed by atoms with Gasteiger partial charge in [-0.25, -0.2) is 4.39 Å². The van der Waals surface area contributed by atoms with Crippen molar-refractivity contribution in [2.45, 2.75) is 6.54 Å². The summed E-state index contributed by atoms with van der Waals surface area (Å²) in [4.78, 5) is 21.7. The van der Waals surface area contributed by atoms with Crippen molar-refractivity contribution >= 4 is 17.7 Å². The molecule has 0 spiro atoms. The molecule has 0 atom stereocenters. The van der Waals surface area contributed by atoms with Gasteiger partial charge >= 0.3 is 0 Å². The number of nitro groups is 1. The molecule has 2 aromatic rings. The van der Waals surface area contributed by atoms with Gasteiger partial charge in [0.25, 0.3) is 5.69 Å². The largest absolute Gasteiger partial charge is 0.348 e. The SMILES string of the molecule is O=C(/C=C/c1ccc([N+](=O)[O-])cc1)NCc1ccc(F)cc1. The van der Waals surface area contributed by atoms with E-state index in [9.17, 15) is 19.3 Å². The summed E-state index contributed by atoms with van der Waals surface area (Å²) in [7, 11) is 0. The van der Waals surface area contributed by atoms with Crippen LogP contribution in [0.1, 0.15) is 11.1 Å². The molecule has 0 aliphatic rings. The molecule has 5 nitrogen and oxygen atoms in total. The number of amides is 1. The molecular weight excluding hydrogens is 287 g/mol. The van der Waals surface area contributed by atoms with Crippen LogP contribution in [0, 0.1) is 15.9 Å². The average Bonchev–Trinajstić information content (AvgIpc) is 2.52. The number of nitrogens with zero attached hydrogens (tertiary/aromatic N) is 1. The number of hydrogen-bond donors (Lipinski definition) is 1. The Labute approximate surface area is 126 Å². The second-order valence-corrected chi connectivity index (χ2v) is 4.53. The molecule has 0 unspecified atom stereocenters. The Hall–Kier alpha value is -3.02. The summed E-state index contributed by atoms with van der Waals surface area (Å²) in [6, 6.07) is 11.7. The van der Waals surface area contributed by atoms with Crippen LogP contribution >= 0.6 is 0 Å². The Morgan fingerprint density at radius 3 is 2.36 bits per heavy atom. The van der Waals surface area contributed by atoms with E-state index in [2.05, 4.69) is 5.32 Å². The Morgan fingerprint density at radius 1 is 1.14 bits per heavy atom. The Kier molecular flexibility index (Phi) is 4.98. The number of carbonyl (C=O) groups excluding carboxylic acids is 1. The van der Waals surface area contributed by atoms with Gasteiger partial charge in [0.05, 0.1) is 4.92 Å². The predicted molar refractivity (Wildman–Crippen MR) is 80.4 cm³/mol. The lowest BCUT2D eigenvalue weighted by atomic mass is 10.2. The van der Waals surface area contributed by atoms with Gasteiger partial charge in [-0.05, 0) is 41.5 Å². The fraction of sp³-hybridized carbons (Fsp3) is 0.0625. The van der Waals surface area contributed by atoms with Crippen LogP contribution < -0.4 is 5.32 Å². The first kappa shape index (κ1) is 15.4. The minimum absolute atomic E-state index is 0.00193. The van der Waals surface area contributed by atoms with E-state index in [1.165, 1.54) is 30.3 Å². The van der Waals surface area contributed by atoms with Gasteiger partial charge in [-0.2, -0.15) is 0 Å². The topological polar surface area (TPSA) is 72.2 Å². The maximum absolute atomic E-state index is 12.7. The third-order valence-corrected chi connectivity index (χ3v) is 2.91. The quantitative estimate of drug-likeness (QED) is 0.524. The van der Waals surface area contributed by atoms with Crippen LogP contribution in [0.3, 0.4) is 0 Å². The molecule has 0 saturated carbocycles. The molecule has 1 amide bonds.